The van der Waals surface area contributed by atoms with Crippen molar-refractivity contribution in [2.75, 3.05) is 0 Å². The number of benzene rings is 1. The predicted octanol–water partition coefficient (Wildman–Crippen LogP) is 2.61. The van der Waals surface area contributed by atoms with E-state index in [4.69, 9.17) is 0 Å². The SMILES string of the molecule is CCCC=Nc1cc(O)c(O)c(C)c1O. The number of aromatic hydroxyl groups is 3. The summed E-state index contributed by atoms with van der Waals surface area (Å²) >= 11 is 0. The molecule has 3 N–H and O–H groups in total. The molecular weight excluding hydrogens is 194 g/mol. The molecule has 0 aliphatic heterocycles. The van der Waals surface area contributed by atoms with Gasteiger partial charge in [-0.25, -0.2) is 0 Å². The largest absolute Gasteiger partial charge is 0.505 e. The highest BCUT2D eigenvalue weighted by atomic mass is 16.3. The molecule has 0 unspecified atom stereocenters. The molecular formula is C11H15NO3. The van der Waals surface area contributed by atoms with Crippen molar-refractivity contribution in [3.05, 3.63) is 11.6 Å². The second-order valence-corrected chi connectivity index (χ2v) is 3.34. The average molecular weight is 209 g/mol. The molecule has 0 atom stereocenters. The molecule has 0 spiro atoms. The van der Waals surface area contributed by atoms with Gasteiger partial charge in [-0.3, -0.25) is 4.99 Å². The fourth-order valence-corrected chi connectivity index (χ4v) is 1.15. The van der Waals surface area contributed by atoms with Crippen LogP contribution >= 0.6 is 0 Å². The van der Waals surface area contributed by atoms with Gasteiger partial charge in [0, 0.05) is 17.8 Å². The van der Waals surface area contributed by atoms with Crippen molar-refractivity contribution < 1.29 is 15.3 Å². The zero-order valence-electron chi connectivity index (χ0n) is 8.86. The number of hydrogen-bond donors (Lipinski definition) is 3. The Bertz CT molecular complexity index is 386. The van der Waals surface area contributed by atoms with Crippen LogP contribution < -0.4 is 0 Å². The fourth-order valence-electron chi connectivity index (χ4n) is 1.15. The highest BCUT2D eigenvalue weighted by Gasteiger charge is 2.12. The van der Waals surface area contributed by atoms with Gasteiger partial charge in [0.2, 0.25) is 0 Å². The Labute approximate surface area is 88.5 Å². The van der Waals surface area contributed by atoms with Crippen molar-refractivity contribution in [2.24, 2.45) is 4.99 Å². The lowest BCUT2D eigenvalue weighted by atomic mass is 10.1. The van der Waals surface area contributed by atoms with Crippen LogP contribution in [0.4, 0.5) is 5.69 Å². The summed E-state index contributed by atoms with van der Waals surface area (Å²) in [7, 11) is 0. The summed E-state index contributed by atoms with van der Waals surface area (Å²) in [4.78, 5) is 4.01. The van der Waals surface area contributed by atoms with Crippen LogP contribution in [0.15, 0.2) is 11.1 Å². The van der Waals surface area contributed by atoms with Gasteiger partial charge < -0.3 is 15.3 Å². The minimum atomic E-state index is -0.304. The molecule has 0 amide bonds. The van der Waals surface area contributed by atoms with Crippen molar-refractivity contribution in [3.8, 4) is 17.2 Å². The summed E-state index contributed by atoms with van der Waals surface area (Å²) in [6.45, 7) is 3.54. The highest BCUT2D eigenvalue weighted by molar-refractivity contribution is 5.71. The number of phenols is 3. The Morgan fingerprint density at radius 1 is 1.27 bits per heavy atom. The van der Waals surface area contributed by atoms with E-state index >= 15 is 0 Å². The molecule has 1 aromatic rings. The monoisotopic (exact) mass is 209 g/mol. The molecule has 1 aromatic carbocycles. The summed E-state index contributed by atoms with van der Waals surface area (Å²) in [5.74, 6) is -0.673. The van der Waals surface area contributed by atoms with Gasteiger partial charge >= 0.3 is 0 Å². The maximum atomic E-state index is 9.62. The maximum absolute atomic E-state index is 9.62. The van der Waals surface area contributed by atoms with Crippen LogP contribution in [0.5, 0.6) is 17.2 Å². The summed E-state index contributed by atoms with van der Waals surface area (Å²) in [5.41, 5.74) is 0.509. The Balaban J connectivity index is 3.09. The van der Waals surface area contributed by atoms with E-state index in [2.05, 4.69) is 4.99 Å². The van der Waals surface area contributed by atoms with Crippen molar-refractivity contribution in [1.29, 1.82) is 0 Å². The van der Waals surface area contributed by atoms with E-state index < -0.39 is 0 Å². The molecule has 0 heterocycles. The molecule has 0 saturated heterocycles. The zero-order valence-corrected chi connectivity index (χ0v) is 8.86. The Morgan fingerprint density at radius 2 is 1.93 bits per heavy atom. The maximum Gasteiger partial charge on any atom is 0.164 e. The smallest absolute Gasteiger partial charge is 0.164 e. The van der Waals surface area contributed by atoms with Crippen LogP contribution in [-0.4, -0.2) is 21.5 Å². The van der Waals surface area contributed by atoms with Crippen molar-refractivity contribution in [1.82, 2.24) is 0 Å². The van der Waals surface area contributed by atoms with Gasteiger partial charge in [0.15, 0.2) is 11.5 Å². The predicted molar refractivity (Wildman–Crippen MR) is 59.2 cm³/mol. The van der Waals surface area contributed by atoms with Gasteiger partial charge in [-0.2, -0.15) is 0 Å². The number of phenolic OH excluding ortho intramolecular Hbond substituents is 3. The molecule has 0 bridgehead atoms. The Hall–Kier alpha value is -1.71. The van der Waals surface area contributed by atoms with Crippen LogP contribution in [0, 0.1) is 6.92 Å². The summed E-state index contributed by atoms with van der Waals surface area (Å²) < 4.78 is 0. The normalized spacial score (nSPS) is 11.1. The second-order valence-electron chi connectivity index (χ2n) is 3.34. The molecule has 4 nitrogen and oxygen atoms in total. The van der Waals surface area contributed by atoms with Crippen LogP contribution in [0.3, 0.4) is 0 Å². The van der Waals surface area contributed by atoms with E-state index in [1.54, 1.807) is 6.21 Å². The van der Waals surface area contributed by atoms with E-state index in [9.17, 15) is 15.3 Å². The van der Waals surface area contributed by atoms with Gasteiger partial charge in [0.05, 0.1) is 0 Å². The third kappa shape index (κ3) is 2.40. The first-order valence-corrected chi connectivity index (χ1v) is 4.85. The topological polar surface area (TPSA) is 73.1 Å². The van der Waals surface area contributed by atoms with Crippen LogP contribution in [0.1, 0.15) is 25.3 Å². The van der Waals surface area contributed by atoms with E-state index in [1.807, 2.05) is 6.92 Å². The van der Waals surface area contributed by atoms with E-state index in [1.165, 1.54) is 13.0 Å². The number of unbranched alkanes of at least 4 members (excludes halogenated alkanes) is 1. The Kier molecular flexibility index (Phi) is 3.55. The van der Waals surface area contributed by atoms with Gasteiger partial charge in [-0.15, -0.1) is 0 Å². The lowest BCUT2D eigenvalue weighted by Crippen LogP contribution is -1.80. The molecule has 0 saturated carbocycles. The quantitative estimate of drug-likeness (QED) is 0.407. The van der Waals surface area contributed by atoms with Crippen molar-refractivity contribution >= 4 is 11.9 Å². The molecule has 0 aromatic heterocycles. The van der Waals surface area contributed by atoms with E-state index in [-0.39, 0.29) is 28.5 Å². The summed E-state index contributed by atoms with van der Waals surface area (Å²) in [6.07, 6.45) is 3.44. The van der Waals surface area contributed by atoms with E-state index in [0.717, 1.165) is 12.8 Å². The Morgan fingerprint density at radius 3 is 2.53 bits per heavy atom. The standard InChI is InChI=1S/C11H15NO3/c1-3-4-5-12-8-6-9(13)11(15)7(2)10(8)14/h5-6,13-15H,3-4H2,1-2H3. The van der Waals surface area contributed by atoms with Gasteiger partial charge in [-0.05, 0) is 13.3 Å². The number of hydrogen-bond acceptors (Lipinski definition) is 4. The minimum Gasteiger partial charge on any atom is -0.505 e. The van der Waals surface area contributed by atoms with Gasteiger partial charge in [0.25, 0.3) is 0 Å². The molecule has 82 valence electrons. The lowest BCUT2D eigenvalue weighted by molar-refractivity contribution is 0.393. The summed E-state index contributed by atoms with van der Waals surface area (Å²) in [5, 5.41) is 28.3. The lowest BCUT2D eigenvalue weighted by Gasteiger charge is -2.06. The number of rotatable bonds is 3. The van der Waals surface area contributed by atoms with Crippen LogP contribution in [0.2, 0.25) is 0 Å². The first-order chi connectivity index (χ1) is 7.07. The second kappa shape index (κ2) is 4.68. The average Bonchev–Trinajstić information content (AvgIpc) is 2.23. The zero-order chi connectivity index (χ0) is 11.4. The van der Waals surface area contributed by atoms with Crippen LogP contribution in [0.25, 0.3) is 0 Å². The molecule has 15 heavy (non-hydrogen) atoms. The molecule has 0 fully saturated rings. The first-order valence-electron chi connectivity index (χ1n) is 4.85. The third-order valence-corrected chi connectivity index (χ3v) is 2.12. The highest BCUT2D eigenvalue weighted by Crippen LogP contribution is 2.41. The number of nitrogens with zero attached hydrogens (tertiary/aromatic N) is 1. The van der Waals surface area contributed by atoms with Gasteiger partial charge in [0.1, 0.15) is 11.4 Å². The molecule has 1 rings (SSSR count). The third-order valence-electron chi connectivity index (χ3n) is 2.12. The fraction of sp³-hybridized carbons (Fsp3) is 0.364. The van der Waals surface area contributed by atoms with E-state index in [0.29, 0.717) is 0 Å². The van der Waals surface area contributed by atoms with Gasteiger partial charge in [-0.1, -0.05) is 13.3 Å². The molecule has 4 heteroatoms. The van der Waals surface area contributed by atoms with Crippen molar-refractivity contribution in [3.63, 3.8) is 0 Å². The van der Waals surface area contributed by atoms with Crippen molar-refractivity contribution in [2.45, 2.75) is 26.7 Å². The molecule has 0 aliphatic rings. The number of aliphatic imine (C=N–C) groups is 1. The van der Waals surface area contributed by atoms with Crippen LogP contribution in [-0.2, 0) is 0 Å². The minimum absolute atomic E-state index is 0.0994. The summed E-state index contributed by atoms with van der Waals surface area (Å²) in [6, 6.07) is 1.24. The first kappa shape index (κ1) is 11.4. The molecule has 0 aliphatic carbocycles. The molecule has 0 radical (unpaired) electrons.